The van der Waals surface area contributed by atoms with Crippen molar-refractivity contribution in [3.63, 3.8) is 0 Å². The molecule has 3 fully saturated rings. The maximum Gasteiger partial charge on any atom is 0.279 e. The molecule has 0 aromatic rings. The van der Waals surface area contributed by atoms with Gasteiger partial charge in [0.05, 0.1) is 11.9 Å². The van der Waals surface area contributed by atoms with Crippen LogP contribution in [0.2, 0.25) is 0 Å². The van der Waals surface area contributed by atoms with Gasteiger partial charge in [-0.15, -0.1) is 11.8 Å². The number of fused-ring (bicyclic) bond motifs is 1. The normalized spacial score (nSPS) is 34.1. The minimum atomic E-state index is -0.895. The lowest BCUT2D eigenvalue weighted by atomic mass is 9.86. The van der Waals surface area contributed by atoms with Crippen LogP contribution in [0.4, 0.5) is 0 Å². The fraction of sp³-hybridized carbons (Fsp3) is 0.812. The lowest BCUT2D eigenvalue weighted by Crippen LogP contribution is -3.00. The van der Waals surface area contributed by atoms with Gasteiger partial charge in [0, 0.05) is 25.0 Å². The lowest BCUT2D eigenvalue weighted by Gasteiger charge is -2.32. The summed E-state index contributed by atoms with van der Waals surface area (Å²) in [4.78, 5) is 39.1. The third-order valence-corrected chi connectivity index (χ3v) is 6.50. The summed E-state index contributed by atoms with van der Waals surface area (Å²) >= 11 is 1.59. The molecule has 0 aliphatic carbocycles. The molecule has 0 radical (unpaired) electrons. The fourth-order valence-electron chi connectivity index (χ4n) is 4.21. The number of nitrogens with one attached hydrogen (secondary N) is 1. The Morgan fingerprint density at radius 2 is 2.20 bits per heavy atom. The van der Waals surface area contributed by atoms with Crippen molar-refractivity contribution in [2.45, 2.75) is 62.5 Å². The molecule has 0 bridgehead atoms. The zero-order valence-corrected chi connectivity index (χ0v) is 16.2. The van der Waals surface area contributed by atoms with Crippen LogP contribution in [0.15, 0.2) is 0 Å². The van der Waals surface area contributed by atoms with E-state index in [-0.39, 0.29) is 41.6 Å². The Kier molecular flexibility index (Phi) is 6.27. The number of amides is 3. The van der Waals surface area contributed by atoms with Crippen molar-refractivity contribution in [1.29, 1.82) is 0 Å². The molecule has 0 saturated carbocycles. The number of carbonyl (C=O) groups excluding carboxylic acids is 3. The highest BCUT2D eigenvalue weighted by atomic mass is 35.5. The third-order valence-electron chi connectivity index (χ3n) is 5.21. The molecule has 3 heterocycles. The average Bonchev–Trinajstić information content (AvgIpc) is 3.18. The monoisotopic (exact) mass is 390 g/mol. The standard InChI is InChI=1S/C16H26N4O3S.ClH/c1-9(2)6-16(19-14(22)10-4-3-5-18-10)7-12-20(15(16)23)11(8-24-12)13(17)21;/h9-12,18H,3-8H2,1-2H3,(H2,17,21)(H,19,22);1H/t10-,11+,12+,16+;/m0./s1. The number of carbonyl (C=O) groups is 3. The first kappa shape index (κ1) is 20.3. The van der Waals surface area contributed by atoms with Gasteiger partial charge in [0.15, 0.2) is 6.04 Å². The second-order valence-electron chi connectivity index (χ2n) is 7.57. The molecule has 0 unspecified atom stereocenters. The van der Waals surface area contributed by atoms with Crippen molar-refractivity contribution < 1.29 is 32.1 Å². The van der Waals surface area contributed by atoms with Crippen LogP contribution in [0.25, 0.3) is 0 Å². The van der Waals surface area contributed by atoms with E-state index in [0.717, 1.165) is 19.4 Å². The van der Waals surface area contributed by atoms with Gasteiger partial charge in [0.25, 0.3) is 5.91 Å². The molecule has 3 saturated heterocycles. The molecular formula is C16H27ClN4O3S. The number of hydrogen-bond donors (Lipinski definition) is 3. The predicted octanol–water partition coefficient (Wildman–Crippen LogP) is -4.22. The highest BCUT2D eigenvalue weighted by molar-refractivity contribution is 8.00. The van der Waals surface area contributed by atoms with Gasteiger partial charge < -0.3 is 33.7 Å². The molecule has 9 heteroatoms. The molecule has 3 aliphatic rings. The van der Waals surface area contributed by atoms with Crippen LogP contribution >= 0.6 is 11.8 Å². The Bertz CT molecular complexity index is 555. The fourth-order valence-corrected chi connectivity index (χ4v) is 5.74. The third kappa shape index (κ3) is 3.75. The molecular weight excluding hydrogens is 364 g/mol. The second kappa shape index (κ2) is 7.72. The van der Waals surface area contributed by atoms with E-state index in [9.17, 15) is 14.4 Å². The van der Waals surface area contributed by atoms with Crippen molar-refractivity contribution in [2.75, 3.05) is 12.3 Å². The van der Waals surface area contributed by atoms with Gasteiger partial charge >= 0.3 is 0 Å². The topological polar surface area (TPSA) is 109 Å². The maximum atomic E-state index is 13.2. The van der Waals surface area contributed by atoms with Crippen molar-refractivity contribution in [3.05, 3.63) is 0 Å². The number of nitrogens with two attached hydrogens (primary N) is 2. The van der Waals surface area contributed by atoms with Crippen LogP contribution in [0.1, 0.15) is 39.5 Å². The number of rotatable bonds is 5. The Labute approximate surface area is 158 Å². The molecule has 3 aliphatic heterocycles. The summed E-state index contributed by atoms with van der Waals surface area (Å²) in [6, 6.07) is -0.659. The number of halogens is 1. The van der Waals surface area contributed by atoms with E-state index < -0.39 is 17.5 Å². The number of nitrogens with zero attached hydrogens (tertiary/aromatic N) is 1. The highest BCUT2D eigenvalue weighted by Crippen LogP contribution is 2.44. The van der Waals surface area contributed by atoms with Crippen LogP contribution in [-0.2, 0) is 14.4 Å². The summed E-state index contributed by atoms with van der Waals surface area (Å²) in [6.45, 7) is 5.05. The van der Waals surface area contributed by atoms with E-state index in [1.54, 1.807) is 16.7 Å². The molecule has 0 aromatic heterocycles. The smallest absolute Gasteiger partial charge is 0.279 e. The molecule has 4 atom stereocenters. The van der Waals surface area contributed by atoms with Crippen LogP contribution in [0, 0.1) is 5.92 Å². The Morgan fingerprint density at radius 3 is 2.76 bits per heavy atom. The summed E-state index contributed by atoms with van der Waals surface area (Å²) in [7, 11) is 0. The maximum absolute atomic E-state index is 13.2. The minimum Gasteiger partial charge on any atom is -1.00 e. The van der Waals surface area contributed by atoms with Crippen molar-refractivity contribution in [2.24, 2.45) is 11.7 Å². The van der Waals surface area contributed by atoms with Gasteiger partial charge in [-0.05, 0) is 12.3 Å². The summed E-state index contributed by atoms with van der Waals surface area (Å²) in [5.74, 6) is 0.158. The molecule has 3 amide bonds. The van der Waals surface area contributed by atoms with Crippen molar-refractivity contribution >= 4 is 29.5 Å². The first-order valence-corrected chi connectivity index (χ1v) is 9.78. The summed E-state index contributed by atoms with van der Waals surface area (Å²) < 4.78 is 0. The van der Waals surface area contributed by atoms with Crippen molar-refractivity contribution in [3.8, 4) is 0 Å². The summed E-state index contributed by atoms with van der Waals surface area (Å²) in [6.07, 6.45) is 3.02. The Balaban J connectivity index is 0.00000225. The average molecular weight is 391 g/mol. The first-order valence-electron chi connectivity index (χ1n) is 8.73. The molecule has 0 aromatic carbocycles. The molecule has 142 valence electrons. The van der Waals surface area contributed by atoms with Gasteiger partial charge in [-0.3, -0.25) is 14.4 Å². The predicted molar refractivity (Wildman–Crippen MR) is 90.8 cm³/mol. The highest BCUT2D eigenvalue weighted by Gasteiger charge is 2.58. The first-order chi connectivity index (χ1) is 11.3. The van der Waals surface area contributed by atoms with E-state index >= 15 is 0 Å². The summed E-state index contributed by atoms with van der Waals surface area (Å²) in [5, 5.41) is 5.05. The van der Waals surface area contributed by atoms with E-state index in [4.69, 9.17) is 5.73 Å². The molecule has 0 spiro atoms. The van der Waals surface area contributed by atoms with Crippen LogP contribution in [-0.4, -0.2) is 57.9 Å². The van der Waals surface area contributed by atoms with Gasteiger partial charge in [-0.1, -0.05) is 13.8 Å². The van der Waals surface area contributed by atoms with E-state index in [2.05, 4.69) is 5.32 Å². The minimum absolute atomic E-state index is 0. The lowest BCUT2D eigenvalue weighted by molar-refractivity contribution is -0.657. The number of hydrogen-bond acceptors (Lipinski definition) is 4. The zero-order valence-electron chi connectivity index (χ0n) is 14.7. The number of primary amides is 1. The Hall–Kier alpha value is -0.990. The van der Waals surface area contributed by atoms with Gasteiger partial charge in [-0.2, -0.15) is 0 Å². The van der Waals surface area contributed by atoms with Crippen LogP contribution in [0.5, 0.6) is 0 Å². The van der Waals surface area contributed by atoms with Crippen LogP contribution < -0.4 is 28.8 Å². The quantitative estimate of drug-likeness (QED) is 0.442. The number of thioether (sulfide) groups is 1. The van der Waals surface area contributed by atoms with Gasteiger partial charge in [-0.25, -0.2) is 0 Å². The van der Waals surface area contributed by atoms with Crippen LogP contribution in [0.3, 0.4) is 0 Å². The second-order valence-corrected chi connectivity index (χ2v) is 8.78. The largest absolute Gasteiger partial charge is 1.00 e. The van der Waals surface area contributed by atoms with Crippen molar-refractivity contribution in [1.82, 2.24) is 10.2 Å². The van der Waals surface area contributed by atoms with E-state index in [1.165, 1.54) is 0 Å². The van der Waals surface area contributed by atoms with E-state index in [1.807, 2.05) is 19.2 Å². The Morgan fingerprint density at radius 1 is 1.48 bits per heavy atom. The SMILES string of the molecule is CC(C)C[C@@]1(NC(=O)[C@@H]2CCC[NH2+]2)C[C@H]2SC[C@H](C(N)=O)N2C1=O.[Cl-]. The molecule has 5 N–H and O–H groups in total. The molecule has 3 rings (SSSR count). The van der Waals surface area contributed by atoms with Gasteiger partial charge in [0.1, 0.15) is 11.6 Å². The molecule has 25 heavy (non-hydrogen) atoms. The summed E-state index contributed by atoms with van der Waals surface area (Å²) in [5.41, 5.74) is 4.57. The number of quaternary nitrogens is 1. The van der Waals surface area contributed by atoms with Gasteiger partial charge in [0.2, 0.25) is 11.8 Å². The zero-order chi connectivity index (χ0) is 17.5. The molecule has 7 nitrogen and oxygen atoms in total. The van der Waals surface area contributed by atoms with E-state index in [0.29, 0.717) is 18.6 Å².